The van der Waals surface area contributed by atoms with Crippen molar-refractivity contribution >= 4 is 87.4 Å². The number of carboxylic acids is 1. The first-order valence-electron chi connectivity index (χ1n) is 29.3. The standard InChI is InChI=1S/C62H84N12O15/c1-34(2)24-46(51(78)28-39(14-11-23-67-61(65)66-5)58(86)73-50(57(64)85)27-41-32-68-45-16-10-9-15-43(41)45)74-62(89)69-33-54(81)48(25-37-12-7-6-8-13-37)72-60(88)44(35(3)75)30-53(80)49(31-55(63)82)71-59(87)40(19-22-56(83)84)29-52(79)47(70-36(4)76)26-38-17-20-42(77)21-18-38/h6-10,12-13,15-18,20-21,32,34-35,39-40,44,46-50,68,75,77H,11,14,19,22-31,33H2,1-5H3,(H2,63,82)(H2,64,85)(H,70,76)(H,71,87)(H,72,88)(H,73,86)(H,83,84)(H3,65,66,67)(H2,69,74,89)/t35-,39-,40-,44+,46+,47-,48+,49+,50+/m1/s1. The van der Waals surface area contributed by atoms with Crippen molar-refractivity contribution in [3.63, 3.8) is 0 Å². The highest BCUT2D eigenvalue weighted by molar-refractivity contribution is 5.99. The third-order valence-corrected chi connectivity index (χ3v) is 14.8. The summed E-state index contributed by atoms with van der Waals surface area (Å²) in [6.07, 6.45) is -3.25. The molecule has 4 aromatic rings. The fourth-order valence-corrected chi connectivity index (χ4v) is 9.95. The Kier molecular flexibility index (Phi) is 29.1. The maximum absolute atomic E-state index is 14.3. The zero-order chi connectivity index (χ0) is 65.9. The lowest BCUT2D eigenvalue weighted by molar-refractivity contribution is -0.139. The average molecular weight is 1240 g/mol. The van der Waals surface area contributed by atoms with Crippen molar-refractivity contribution in [2.75, 3.05) is 20.1 Å². The number of ketones is 4. The lowest BCUT2D eigenvalue weighted by Gasteiger charge is -2.26. The summed E-state index contributed by atoms with van der Waals surface area (Å²) in [5.41, 5.74) is 19.7. The normalized spacial score (nSPS) is 14.4. The molecule has 17 N–H and O–H groups in total. The number of aliphatic hydroxyl groups excluding tert-OH is 1. The van der Waals surface area contributed by atoms with E-state index in [-0.39, 0.29) is 62.7 Å². The molecule has 0 bridgehead atoms. The number of guanidine groups is 1. The number of nitrogens with two attached hydrogens (primary N) is 3. The fourth-order valence-electron chi connectivity index (χ4n) is 9.95. The Morgan fingerprint density at radius 3 is 1.74 bits per heavy atom. The number of urea groups is 1. The number of nitrogens with zero attached hydrogens (tertiary/aromatic N) is 1. The van der Waals surface area contributed by atoms with E-state index in [0.29, 0.717) is 17.5 Å². The first-order chi connectivity index (χ1) is 42.1. The molecule has 3 aromatic carbocycles. The van der Waals surface area contributed by atoms with E-state index in [1.165, 1.54) is 38.2 Å². The van der Waals surface area contributed by atoms with Gasteiger partial charge in [-0.2, -0.15) is 0 Å². The minimum Gasteiger partial charge on any atom is -0.508 e. The van der Waals surface area contributed by atoms with Crippen LogP contribution in [0.1, 0.15) is 102 Å². The van der Waals surface area contributed by atoms with Gasteiger partial charge in [-0.05, 0) is 86.3 Å². The van der Waals surface area contributed by atoms with Crippen molar-refractivity contribution in [1.82, 2.24) is 42.2 Å². The number of hydrogen-bond donors (Lipinski definition) is 14. The van der Waals surface area contributed by atoms with Crippen LogP contribution in [0, 0.1) is 23.7 Å². The number of nitrogens with one attached hydrogen (secondary N) is 8. The van der Waals surface area contributed by atoms with Gasteiger partial charge in [0.15, 0.2) is 29.1 Å². The zero-order valence-corrected chi connectivity index (χ0v) is 50.7. The summed E-state index contributed by atoms with van der Waals surface area (Å²) in [5, 5.41) is 49.2. The summed E-state index contributed by atoms with van der Waals surface area (Å²) in [5.74, 6) is -13.7. The van der Waals surface area contributed by atoms with Crippen LogP contribution in [-0.2, 0) is 72.0 Å². The molecule has 0 spiro atoms. The Morgan fingerprint density at radius 2 is 1.16 bits per heavy atom. The second kappa shape index (κ2) is 35.9. The van der Waals surface area contributed by atoms with Gasteiger partial charge in [-0.1, -0.05) is 74.5 Å². The van der Waals surface area contributed by atoms with Crippen molar-refractivity contribution in [3.05, 3.63) is 102 Å². The summed E-state index contributed by atoms with van der Waals surface area (Å²) in [6.45, 7) is 5.51. The van der Waals surface area contributed by atoms with Gasteiger partial charge in [0.2, 0.25) is 35.4 Å². The molecular formula is C62H84N12O15. The first kappa shape index (κ1) is 71.9. The quantitative estimate of drug-likeness (QED) is 0.0167. The number of amides is 8. The van der Waals surface area contributed by atoms with Crippen molar-refractivity contribution in [1.29, 1.82) is 0 Å². The maximum atomic E-state index is 14.3. The monoisotopic (exact) mass is 1240 g/mol. The number of hydrogen-bond acceptors (Lipinski definition) is 15. The molecule has 89 heavy (non-hydrogen) atoms. The van der Waals surface area contributed by atoms with Crippen LogP contribution in [0.15, 0.2) is 90.1 Å². The van der Waals surface area contributed by atoms with Gasteiger partial charge in [0.05, 0.1) is 49.2 Å². The van der Waals surface area contributed by atoms with Crippen molar-refractivity contribution in [2.24, 2.45) is 45.9 Å². The molecule has 27 heteroatoms. The van der Waals surface area contributed by atoms with E-state index in [2.05, 4.69) is 47.2 Å². The van der Waals surface area contributed by atoms with Crippen LogP contribution >= 0.6 is 0 Å². The molecule has 0 aliphatic carbocycles. The van der Waals surface area contributed by atoms with E-state index in [1.807, 2.05) is 24.3 Å². The Balaban J connectivity index is 1.50. The predicted octanol–water partition coefficient (Wildman–Crippen LogP) is 0.790. The lowest BCUT2D eigenvalue weighted by Crippen LogP contribution is -2.53. The number of primary amides is 2. The number of rotatable bonds is 39. The molecule has 0 aliphatic heterocycles. The number of phenols is 1. The second-order valence-corrected chi connectivity index (χ2v) is 22.5. The lowest BCUT2D eigenvalue weighted by atomic mass is 9.89. The van der Waals surface area contributed by atoms with E-state index < -0.39 is 163 Å². The summed E-state index contributed by atoms with van der Waals surface area (Å²) >= 11 is 0. The Hall–Kier alpha value is -9.53. The predicted molar refractivity (Wildman–Crippen MR) is 328 cm³/mol. The Morgan fingerprint density at radius 1 is 0.596 bits per heavy atom. The van der Waals surface area contributed by atoms with Gasteiger partial charge in [-0.25, -0.2) is 4.79 Å². The van der Waals surface area contributed by atoms with Gasteiger partial charge in [-0.15, -0.1) is 0 Å². The minimum atomic E-state index is -1.77. The molecule has 482 valence electrons. The molecule has 27 nitrogen and oxygen atoms in total. The second-order valence-electron chi connectivity index (χ2n) is 22.5. The van der Waals surface area contributed by atoms with Crippen molar-refractivity contribution in [2.45, 2.75) is 141 Å². The van der Waals surface area contributed by atoms with Crippen LogP contribution in [0.4, 0.5) is 4.79 Å². The molecule has 0 saturated heterocycles. The smallest absolute Gasteiger partial charge is 0.315 e. The molecule has 0 fully saturated rings. The highest BCUT2D eigenvalue weighted by atomic mass is 16.4. The van der Waals surface area contributed by atoms with Gasteiger partial charge in [0, 0.05) is 81.6 Å². The summed E-state index contributed by atoms with van der Waals surface area (Å²) in [6, 6.07) is 13.8. The summed E-state index contributed by atoms with van der Waals surface area (Å²) in [4.78, 5) is 168. The molecule has 1 aromatic heterocycles. The topological polar surface area (TPSA) is 456 Å². The van der Waals surface area contributed by atoms with E-state index in [4.69, 9.17) is 17.2 Å². The number of aromatic nitrogens is 1. The van der Waals surface area contributed by atoms with Crippen LogP contribution in [-0.4, -0.2) is 153 Å². The molecule has 0 aliphatic rings. The zero-order valence-electron chi connectivity index (χ0n) is 50.7. The van der Waals surface area contributed by atoms with Crippen LogP contribution < -0.4 is 54.4 Å². The summed E-state index contributed by atoms with van der Waals surface area (Å²) in [7, 11) is 1.49. The number of para-hydroxylation sites is 1. The third-order valence-electron chi connectivity index (χ3n) is 14.8. The molecule has 0 saturated carbocycles. The Bertz CT molecular complexity index is 3150. The van der Waals surface area contributed by atoms with Crippen LogP contribution in [0.25, 0.3) is 10.9 Å². The molecule has 8 amide bonds. The van der Waals surface area contributed by atoms with Gasteiger partial charge >= 0.3 is 12.0 Å². The number of Topliss-reactive ketones (excluding diaryl/α,β-unsaturated/α-hetero) is 4. The van der Waals surface area contributed by atoms with E-state index in [1.54, 1.807) is 50.4 Å². The number of H-pyrrole nitrogens is 1. The van der Waals surface area contributed by atoms with Crippen LogP contribution in [0.2, 0.25) is 0 Å². The number of aliphatic hydroxyl groups is 1. The largest absolute Gasteiger partial charge is 0.508 e. The molecule has 4 rings (SSSR count). The number of aromatic hydroxyl groups is 1. The van der Waals surface area contributed by atoms with Crippen LogP contribution in [0.3, 0.4) is 0 Å². The number of phenolic OH excluding ortho intramolecular Hbond substituents is 1. The summed E-state index contributed by atoms with van der Waals surface area (Å²) < 4.78 is 0. The number of carbonyl (C=O) groups is 12. The Labute approximate surface area is 515 Å². The van der Waals surface area contributed by atoms with Gasteiger partial charge in [0.25, 0.3) is 0 Å². The first-order valence-corrected chi connectivity index (χ1v) is 29.3. The van der Waals surface area contributed by atoms with Crippen LogP contribution in [0.5, 0.6) is 5.75 Å². The maximum Gasteiger partial charge on any atom is 0.315 e. The third kappa shape index (κ3) is 25.0. The van der Waals surface area contributed by atoms with E-state index in [9.17, 15) is 72.9 Å². The molecule has 0 radical (unpaired) electrons. The highest BCUT2D eigenvalue weighted by Crippen LogP contribution is 2.23. The SMILES string of the molecule is CN=C(N)NCCC[C@H](CC(=O)[C@H](CC(C)C)NC(=O)NCC(=O)[C@H](Cc1ccccc1)NC(=O)[C@@H](CC(=O)[C@H](CC(N)=O)NC(=O)[C@H](CCC(=O)O)CC(=O)[C@@H](Cc1ccc(O)cc1)NC(C)=O)[C@@H](C)O)C(=O)N[C@@H](Cc1c[nH]c2ccccc12)C(N)=O. The van der Waals surface area contributed by atoms with Crippen molar-refractivity contribution < 1.29 is 72.9 Å². The van der Waals surface area contributed by atoms with E-state index >= 15 is 0 Å². The number of aromatic amines is 1. The van der Waals surface area contributed by atoms with E-state index in [0.717, 1.165) is 23.4 Å². The average Bonchev–Trinajstić information content (AvgIpc) is 2.47. The number of aliphatic carboxylic acids is 1. The minimum absolute atomic E-state index is 0.0493. The highest BCUT2D eigenvalue weighted by Gasteiger charge is 2.37. The number of carbonyl (C=O) groups excluding carboxylic acids is 11. The number of carboxylic acid groups (broad SMARTS) is 1. The van der Waals surface area contributed by atoms with Gasteiger partial charge < -0.3 is 74.7 Å². The number of aliphatic imine (C=N–C) groups is 1. The number of benzene rings is 3. The van der Waals surface area contributed by atoms with Gasteiger partial charge in [-0.3, -0.25) is 57.7 Å². The molecule has 0 unspecified atom stereocenters. The van der Waals surface area contributed by atoms with Gasteiger partial charge in [0.1, 0.15) is 11.8 Å². The van der Waals surface area contributed by atoms with Crippen molar-refractivity contribution in [3.8, 4) is 5.75 Å². The number of fused-ring (bicyclic) bond motifs is 1. The molecule has 9 atom stereocenters. The fraction of sp³-hybridized carbons (Fsp3) is 0.468. The molecular weight excluding hydrogens is 1150 g/mol. The molecule has 1 heterocycles.